The monoisotopic (exact) mass is 454 g/mol. The molecule has 0 aromatic heterocycles. The fraction of sp³-hybridized carbons (Fsp3) is 1.00. The minimum atomic E-state index is -4.64. The third-order valence-electron chi connectivity index (χ3n) is 5.50. The van der Waals surface area contributed by atoms with Crippen LogP contribution in [0.25, 0.3) is 0 Å². The number of rotatable bonds is 19. The van der Waals surface area contributed by atoms with Crippen molar-refractivity contribution in [3.05, 3.63) is 0 Å². The van der Waals surface area contributed by atoms with Crippen LogP contribution in [0.1, 0.15) is 110 Å². The van der Waals surface area contributed by atoms with E-state index in [1.807, 2.05) is 0 Å². The maximum Gasteiger partial charge on any atom is 0.466 e. The minimum absolute atomic E-state index is 0.413. The highest BCUT2D eigenvalue weighted by Gasteiger charge is 2.30. The molecule has 0 aromatic rings. The Hall–Kier alpha value is 0.420. The molecule has 0 aliphatic heterocycles. The number of hydrogen-bond donors (Lipinski definition) is 4. The van der Waals surface area contributed by atoms with E-state index in [4.69, 9.17) is 19.2 Å². The molecule has 1 saturated carbocycles. The van der Waals surface area contributed by atoms with Gasteiger partial charge in [-0.1, -0.05) is 90.4 Å². The van der Waals surface area contributed by atoms with Gasteiger partial charge in [-0.15, -0.1) is 0 Å². The highest BCUT2D eigenvalue weighted by atomic mass is 32.2. The summed E-state index contributed by atoms with van der Waals surface area (Å²) in [5, 5.41) is 9.35. The minimum Gasteiger partial charge on any atom is -0.396 e. The lowest BCUT2D eigenvalue weighted by Crippen LogP contribution is -2.11. The molecule has 1 rings (SSSR count). The van der Waals surface area contributed by atoms with Gasteiger partial charge in [0, 0.05) is 6.61 Å². The molecule has 0 radical (unpaired) electrons. The van der Waals surface area contributed by atoms with Gasteiger partial charge in [0.2, 0.25) is 0 Å². The zero-order valence-corrected chi connectivity index (χ0v) is 20.4. The van der Waals surface area contributed by atoms with Gasteiger partial charge in [0.1, 0.15) is 0 Å². The van der Waals surface area contributed by atoms with E-state index >= 15 is 0 Å². The fourth-order valence-electron chi connectivity index (χ4n) is 3.54. The van der Waals surface area contributed by atoms with Crippen LogP contribution in [-0.2, 0) is 4.57 Å². The quantitative estimate of drug-likeness (QED) is 0.135. The van der Waals surface area contributed by atoms with Crippen LogP contribution < -0.4 is 0 Å². The highest BCUT2D eigenvalue weighted by molar-refractivity contribution is 7.99. The molecule has 0 aromatic carbocycles. The summed E-state index contributed by atoms with van der Waals surface area (Å²) < 4.78 is 8.88. The van der Waals surface area contributed by atoms with E-state index in [2.05, 4.69) is 18.7 Å². The van der Waals surface area contributed by atoms with Crippen molar-refractivity contribution in [1.82, 2.24) is 0 Å². The summed E-state index contributed by atoms with van der Waals surface area (Å²) in [5.41, 5.74) is 0. The summed E-state index contributed by atoms with van der Waals surface area (Å²) in [6, 6.07) is 0. The van der Waals surface area contributed by atoms with E-state index in [0.717, 1.165) is 5.92 Å². The van der Waals surface area contributed by atoms with Crippen LogP contribution in [0.15, 0.2) is 0 Å². The van der Waals surface area contributed by atoms with Crippen LogP contribution in [0.3, 0.4) is 0 Å². The van der Waals surface area contributed by atoms with E-state index in [1.165, 1.54) is 114 Å². The molecule has 0 heterocycles. The van der Waals surface area contributed by atoms with Crippen molar-refractivity contribution in [3.8, 4) is 0 Å². The van der Waals surface area contributed by atoms with Gasteiger partial charge >= 0.3 is 7.82 Å². The molecular formula is C22H47O5PS. The Bertz CT molecular complexity index is 379. The molecule has 1 atom stereocenters. The van der Waals surface area contributed by atoms with E-state index in [9.17, 15) is 5.11 Å². The van der Waals surface area contributed by atoms with Crippen LogP contribution in [0.5, 0.6) is 0 Å². The third kappa shape index (κ3) is 26.4. The Morgan fingerprint density at radius 2 is 1.17 bits per heavy atom. The third-order valence-corrected chi connectivity index (χ3v) is 6.74. The SMILES string of the molecule is CCCCCCCCCCCCCCCCSCC(CO)C1CC1.O=P(O)(O)O. The van der Waals surface area contributed by atoms with Crippen molar-refractivity contribution in [2.45, 2.75) is 110 Å². The lowest BCUT2D eigenvalue weighted by Gasteiger charge is -2.12. The first-order valence-corrected chi connectivity index (χ1v) is 14.6. The van der Waals surface area contributed by atoms with E-state index < -0.39 is 7.82 Å². The average molecular weight is 455 g/mol. The summed E-state index contributed by atoms with van der Waals surface area (Å²) in [4.78, 5) is 21.6. The second-order valence-electron chi connectivity index (χ2n) is 8.46. The molecule has 1 unspecified atom stereocenters. The first-order chi connectivity index (χ1) is 13.9. The Morgan fingerprint density at radius 1 is 0.793 bits per heavy atom. The van der Waals surface area contributed by atoms with Gasteiger partial charge in [0.15, 0.2) is 0 Å². The lowest BCUT2D eigenvalue weighted by atomic mass is 10.0. The molecule has 29 heavy (non-hydrogen) atoms. The van der Waals surface area contributed by atoms with Gasteiger partial charge in [0.05, 0.1) is 0 Å². The van der Waals surface area contributed by atoms with Crippen molar-refractivity contribution in [1.29, 1.82) is 0 Å². The molecule has 0 bridgehead atoms. The average Bonchev–Trinajstić information content (AvgIpc) is 3.48. The van der Waals surface area contributed by atoms with Crippen molar-refractivity contribution in [2.75, 3.05) is 18.1 Å². The van der Waals surface area contributed by atoms with Crippen molar-refractivity contribution >= 4 is 19.6 Å². The molecule has 176 valence electrons. The van der Waals surface area contributed by atoms with Crippen molar-refractivity contribution < 1.29 is 24.4 Å². The maximum absolute atomic E-state index is 9.35. The summed E-state index contributed by atoms with van der Waals surface area (Å²) in [7, 11) is -4.64. The Balaban J connectivity index is 0.00000139. The van der Waals surface area contributed by atoms with Crippen LogP contribution in [0.2, 0.25) is 0 Å². The predicted molar refractivity (Wildman–Crippen MR) is 125 cm³/mol. The normalized spacial score (nSPS) is 15.1. The van der Waals surface area contributed by atoms with E-state index in [-0.39, 0.29) is 0 Å². The molecule has 5 nitrogen and oxygen atoms in total. The highest BCUT2D eigenvalue weighted by Crippen LogP contribution is 2.38. The summed E-state index contributed by atoms with van der Waals surface area (Å²) >= 11 is 2.08. The Kier molecular flexibility index (Phi) is 20.6. The molecular weight excluding hydrogens is 407 g/mol. The smallest absolute Gasteiger partial charge is 0.396 e. The molecule has 0 spiro atoms. The fourth-order valence-corrected chi connectivity index (χ4v) is 4.79. The maximum atomic E-state index is 9.35. The largest absolute Gasteiger partial charge is 0.466 e. The van der Waals surface area contributed by atoms with Crippen LogP contribution in [0, 0.1) is 11.8 Å². The summed E-state index contributed by atoms with van der Waals surface area (Å²) in [5.74, 6) is 3.96. The molecule has 1 aliphatic carbocycles. The molecule has 7 heteroatoms. The van der Waals surface area contributed by atoms with Gasteiger partial charge in [-0.05, 0) is 42.6 Å². The van der Waals surface area contributed by atoms with Crippen LogP contribution in [0.4, 0.5) is 0 Å². The first kappa shape index (κ1) is 29.4. The number of thioether (sulfide) groups is 1. The van der Waals surface area contributed by atoms with Gasteiger partial charge in [0.25, 0.3) is 0 Å². The lowest BCUT2D eigenvalue weighted by molar-refractivity contribution is 0.225. The molecule has 4 N–H and O–H groups in total. The molecule has 1 aliphatic rings. The first-order valence-electron chi connectivity index (χ1n) is 11.8. The Morgan fingerprint density at radius 3 is 1.52 bits per heavy atom. The van der Waals surface area contributed by atoms with Crippen LogP contribution in [-0.4, -0.2) is 37.9 Å². The second kappa shape index (κ2) is 20.3. The van der Waals surface area contributed by atoms with Gasteiger partial charge < -0.3 is 19.8 Å². The zero-order chi connectivity index (χ0) is 21.8. The van der Waals surface area contributed by atoms with Crippen molar-refractivity contribution in [3.63, 3.8) is 0 Å². The topological polar surface area (TPSA) is 98.0 Å². The summed E-state index contributed by atoms with van der Waals surface area (Å²) in [6.07, 6.45) is 22.9. The van der Waals surface area contributed by atoms with E-state index in [1.54, 1.807) is 0 Å². The number of aliphatic hydroxyl groups is 1. The van der Waals surface area contributed by atoms with E-state index in [0.29, 0.717) is 12.5 Å². The number of aliphatic hydroxyl groups excluding tert-OH is 1. The van der Waals surface area contributed by atoms with Gasteiger partial charge in [-0.25, -0.2) is 4.57 Å². The van der Waals surface area contributed by atoms with Gasteiger partial charge in [-0.2, -0.15) is 11.8 Å². The Labute approximate surface area is 183 Å². The number of hydrogen-bond acceptors (Lipinski definition) is 3. The second-order valence-corrected chi connectivity index (χ2v) is 10.6. The summed E-state index contributed by atoms with van der Waals surface area (Å²) in [6.45, 7) is 2.71. The predicted octanol–water partition coefficient (Wildman–Crippen LogP) is 6.29. The molecule has 0 amide bonds. The van der Waals surface area contributed by atoms with Gasteiger partial charge in [-0.3, -0.25) is 0 Å². The number of unbranched alkanes of at least 4 members (excludes halogenated alkanes) is 13. The number of phosphoric acid groups is 1. The zero-order valence-electron chi connectivity index (χ0n) is 18.6. The molecule has 0 saturated heterocycles. The standard InChI is InChI=1S/C22H44OS.H3O4P/c1-2-3-4-5-6-7-8-9-10-11-12-13-14-15-18-24-20-22(19-23)21-16-17-21;1-5(2,3)4/h21-23H,2-20H2,1H3;(H3,1,2,3,4). The van der Waals surface area contributed by atoms with Crippen LogP contribution >= 0.6 is 19.6 Å². The van der Waals surface area contributed by atoms with Crippen molar-refractivity contribution in [2.24, 2.45) is 11.8 Å². The molecule has 1 fully saturated rings.